The van der Waals surface area contributed by atoms with E-state index in [4.69, 9.17) is 13.9 Å². The topological polar surface area (TPSA) is 129 Å². The number of carbonyl (C=O) groups is 3. The lowest BCUT2D eigenvalue weighted by molar-refractivity contribution is -0.145. The zero-order valence-electron chi connectivity index (χ0n) is 18.5. The number of hydrogen-bond donors (Lipinski definition) is 2. The molecule has 2 amide bonds. The zero-order valence-corrected chi connectivity index (χ0v) is 20.1. The smallest absolute Gasteiger partial charge is 0.410 e. The summed E-state index contributed by atoms with van der Waals surface area (Å²) in [7, 11) is 2.52. The fraction of sp³-hybridized carbons (Fsp3) is 0.684. The van der Waals surface area contributed by atoms with Gasteiger partial charge in [0.2, 0.25) is 11.6 Å². The van der Waals surface area contributed by atoms with Crippen molar-refractivity contribution < 1.29 is 33.0 Å². The van der Waals surface area contributed by atoms with Crippen molar-refractivity contribution in [1.29, 1.82) is 0 Å². The Balaban J connectivity index is 3.15. The molecule has 10 nitrogen and oxygen atoms in total. The van der Waals surface area contributed by atoms with E-state index in [0.717, 1.165) is 0 Å². The van der Waals surface area contributed by atoms with Gasteiger partial charge in [0.15, 0.2) is 5.69 Å². The van der Waals surface area contributed by atoms with Crippen molar-refractivity contribution in [3.05, 3.63) is 17.3 Å². The number of aromatic nitrogens is 1. The van der Waals surface area contributed by atoms with Crippen molar-refractivity contribution in [1.82, 2.24) is 15.6 Å². The zero-order chi connectivity index (χ0) is 23.3. The first-order valence-electron chi connectivity index (χ1n) is 9.29. The standard InChI is InChI=1S/C19H30BrN3O7/c1-10(2)12(14-21-13(11(3)29-14)15(24)27-7)22-16(25)19(9-20,28-8)23-17(26)30-18(4,5)6/h10,12H,9H2,1-8H3,(H,22,25)(H,23,26)/t12-,19+/m0/s1. The third-order valence-electron chi connectivity index (χ3n) is 4.02. The van der Waals surface area contributed by atoms with Crippen molar-refractivity contribution in [2.24, 2.45) is 5.92 Å². The molecule has 0 bridgehead atoms. The minimum Gasteiger partial charge on any atom is -0.464 e. The molecule has 0 aliphatic heterocycles. The maximum atomic E-state index is 13.1. The van der Waals surface area contributed by atoms with E-state index in [1.807, 2.05) is 13.8 Å². The van der Waals surface area contributed by atoms with Crippen LogP contribution in [0.2, 0.25) is 0 Å². The number of esters is 1. The Labute approximate surface area is 184 Å². The predicted molar refractivity (Wildman–Crippen MR) is 111 cm³/mol. The van der Waals surface area contributed by atoms with E-state index < -0.39 is 35.3 Å². The third kappa shape index (κ3) is 6.43. The minimum absolute atomic E-state index is 0.0257. The Morgan fingerprint density at radius 3 is 2.23 bits per heavy atom. The van der Waals surface area contributed by atoms with Crippen LogP contribution in [0.1, 0.15) is 62.8 Å². The molecule has 30 heavy (non-hydrogen) atoms. The molecular formula is C19H30BrN3O7. The number of nitrogens with zero attached hydrogens (tertiary/aromatic N) is 1. The monoisotopic (exact) mass is 491 g/mol. The Bertz CT molecular complexity index is 767. The van der Waals surface area contributed by atoms with Gasteiger partial charge in [-0.25, -0.2) is 14.6 Å². The lowest BCUT2D eigenvalue weighted by Crippen LogP contribution is -2.62. The second kappa shape index (κ2) is 10.3. The number of oxazole rings is 1. The van der Waals surface area contributed by atoms with Crippen LogP contribution in [0.3, 0.4) is 0 Å². The largest absolute Gasteiger partial charge is 0.464 e. The lowest BCUT2D eigenvalue weighted by Gasteiger charge is -2.33. The van der Waals surface area contributed by atoms with Gasteiger partial charge >= 0.3 is 12.1 Å². The highest BCUT2D eigenvalue weighted by molar-refractivity contribution is 9.09. The average molecular weight is 492 g/mol. The molecule has 2 N–H and O–H groups in total. The van der Waals surface area contributed by atoms with Crippen LogP contribution >= 0.6 is 15.9 Å². The van der Waals surface area contributed by atoms with Crippen LogP contribution in [-0.4, -0.2) is 53.8 Å². The molecule has 0 aromatic carbocycles. The Kier molecular flexibility index (Phi) is 8.85. The number of alkyl halides is 1. The Hall–Kier alpha value is -2.14. The molecule has 0 saturated carbocycles. The summed E-state index contributed by atoms with van der Waals surface area (Å²) in [6.07, 6.45) is -0.819. The van der Waals surface area contributed by atoms with Crippen LogP contribution in [-0.2, 0) is 19.0 Å². The summed E-state index contributed by atoms with van der Waals surface area (Å²) in [4.78, 5) is 41.4. The second-order valence-electron chi connectivity index (χ2n) is 7.94. The summed E-state index contributed by atoms with van der Waals surface area (Å²) in [6, 6.07) is -0.705. The molecule has 1 aromatic heterocycles. The normalized spacial score (nSPS) is 14.6. The number of nitrogens with one attached hydrogen (secondary N) is 2. The molecular weight excluding hydrogens is 462 g/mol. The summed E-state index contributed by atoms with van der Waals surface area (Å²) in [5.41, 5.74) is -2.48. The van der Waals surface area contributed by atoms with E-state index in [-0.39, 0.29) is 28.6 Å². The van der Waals surface area contributed by atoms with E-state index >= 15 is 0 Å². The number of aryl methyl sites for hydroxylation is 1. The van der Waals surface area contributed by atoms with Crippen LogP contribution in [0.4, 0.5) is 4.79 Å². The van der Waals surface area contributed by atoms with E-state index in [1.54, 1.807) is 27.7 Å². The van der Waals surface area contributed by atoms with Gasteiger partial charge in [-0.3, -0.25) is 10.1 Å². The van der Waals surface area contributed by atoms with Gasteiger partial charge in [-0.1, -0.05) is 29.8 Å². The van der Waals surface area contributed by atoms with Gasteiger partial charge in [0.25, 0.3) is 5.91 Å². The number of carbonyl (C=O) groups excluding carboxylic acids is 3. The van der Waals surface area contributed by atoms with Gasteiger partial charge in [-0.15, -0.1) is 0 Å². The number of hydrogen-bond acceptors (Lipinski definition) is 8. The molecule has 0 unspecified atom stereocenters. The fourth-order valence-electron chi connectivity index (χ4n) is 2.42. The van der Waals surface area contributed by atoms with Crippen LogP contribution < -0.4 is 10.6 Å². The molecule has 2 atom stereocenters. The highest BCUT2D eigenvalue weighted by Gasteiger charge is 2.43. The van der Waals surface area contributed by atoms with Crippen LogP contribution in [0.5, 0.6) is 0 Å². The molecule has 1 heterocycles. The predicted octanol–water partition coefficient (Wildman–Crippen LogP) is 2.85. The molecule has 0 aliphatic carbocycles. The molecule has 0 aliphatic rings. The number of rotatable bonds is 8. The summed E-state index contributed by atoms with van der Waals surface area (Å²) >= 11 is 3.21. The Morgan fingerprint density at radius 2 is 1.80 bits per heavy atom. The number of halogens is 1. The van der Waals surface area contributed by atoms with E-state index in [9.17, 15) is 14.4 Å². The molecule has 1 rings (SSSR count). The summed E-state index contributed by atoms with van der Waals surface area (Å²) in [6.45, 7) is 10.4. The van der Waals surface area contributed by atoms with Crippen molar-refractivity contribution in [3.8, 4) is 0 Å². The average Bonchev–Trinajstić information content (AvgIpc) is 3.02. The second-order valence-corrected chi connectivity index (χ2v) is 8.50. The molecule has 11 heteroatoms. The number of amides is 2. The van der Waals surface area contributed by atoms with Gasteiger partial charge in [0.1, 0.15) is 17.4 Å². The van der Waals surface area contributed by atoms with E-state index in [0.29, 0.717) is 0 Å². The van der Waals surface area contributed by atoms with Crippen molar-refractivity contribution in [3.63, 3.8) is 0 Å². The first-order chi connectivity index (χ1) is 13.8. The summed E-state index contributed by atoms with van der Waals surface area (Å²) in [5.74, 6) is -1.06. The molecule has 0 fully saturated rings. The third-order valence-corrected chi connectivity index (χ3v) is 4.81. The number of ether oxygens (including phenoxy) is 3. The van der Waals surface area contributed by atoms with Crippen molar-refractivity contribution >= 4 is 33.9 Å². The van der Waals surface area contributed by atoms with E-state index in [1.165, 1.54) is 14.2 Å². The summed E-state index contributed by atoms with van der Waals surface area (Å²) < 4.78 is 20.9. The van der Waals surface area contributed by atoms with Crippen LogP contribution in [0.15, 0.2) is 4.42 Å². The molecule has 0 saturated heterocycles. The quantitative estimate of drug-likeness (QED) is 0.322. The lowest BCUT2D eigenvalue weighted by atomic mass is 10.0. The highest BCUT2D eigenvalue weighted by Crippen LogP contribution is 2.25. The molecule has 170 valence electrons. The Morgan fingerprint density at radius 1 is 1.20 bits per heavy atom. The molecule has 0 radical (unpaired) electrons. The maximum absolute atomic E-state index is 13.1. The SMILES string of the molecule is COC(=O)c1nc([C@@H](NC(=O)[C@](CBr)(NC(=O)OC(C)(C)C)OC)C(C)C)oc1C. The van der Waals surface area contributed by atoms with Crippen molar-refractivity contribution in [2.45, 2.75) is 58.9 Å². The minimum atomic E-state index is -1.75. The summed E-state index contributed by atoms with van der Waals surface area (Å²) in [5, 5.41) is 5.18. The van der Waals surface area contributed by atoms with Crippen LogP contribution in [0.25, 0.3) is 0 Å². The number of alkyl carbamates (subject to hydrolysis) is 1. The highest BCUT2D eigenvalue weighted by atomic mass is 79.9. The van der Waals surface area contributed by atoms with Gasteiger partial charge in [-0.05, 0) is 33.6 Å². The van der Waals surface area contributed by atoms with Gasteiger partial charge in [0.05, 0.1) is 12.4 Å². The maximum Gasteiger partial charge on any atom is 0.410 e. The van der Waals surface area contributed by atoms with Crippen LogP contribution in [0, 0.1) is 12.8 Å². The molecule has 1 aromatic rings. The van der Waals surface area contributed by atoms with Gasteiger partial charge < -0.3 is 23.9 Å². The van der Waals surface area contributed by atoms with E-state index in [2.05, 4.69) is 36.3 Å². The van der Waals surface area contributed by atoms with Crippen molar-refractivity contribution in [2.75, 3.05) is 19.5 Å². The van der Waals surface area contributed by atoms with Gasteiger partial charge in [0, 0.05) is 7.11 Å². The van der Waals surface area contributed by atoms with Gasteiger partial charge in [-0.2, -0.15) is 0 Å². The number of methoxy groups -OCH3 is 2. The molecule has 0 spiro atoms. The fourth-order valence-corrected chi connectivity index (χ4v) is 3.05. The first kappa shape index (κ1) is 25.9. The first-order valence-corrected chi connectivity index (χ1v) is 10.4.